The van der Waals surface area contributed by atoms with E-state index >= 15 is 0 Å². The van der Waals surface area contributed by atoms with Crippen LogP contribution >= 0.6 is 0 Å². The lowest BCUT2D eigenvalue weighted by Crippen LogP contribution is -2.46. The lowest BCUT2D eigenvalue weighted by atomic mass is 9.48. The molecule has 3 heteroatoms. The Hall–Kier alpha value is -0.990. The van der Waals surface area contributed by atoms with Gasteiger partial charge >= 0.3 is 0 Å². The number of rotatable bonds is 3. The molecule has 1 aromatic heterocycles. The first kappa shape index (κ1) is 11.8. The van der Waals surface area contributed by atoms with Gasteiger partial charge < -0.3 is 10.3 Å². The quantitative estimate of drug-likeness (QED) is 0.906. The molecule has 3 nitrogen and oxygen atoms in total. The lowest BCUT2D eigenvalue weighted by molar-refractivity contribution is -0.0570. The molecule has 4 aliphatic rings. The summed E-state index contributed by atoms with van der Waals surface area (Å²) in [6.45, 7) is 0. The van der Waals surface area contributed by atoms with Crippen molar-refractivity contribution in [1.29, 1.82) is 0 Å². The van der Waals surface area contributed by atoms with Crippen molar-refractivity contribution in [3.63, 3.8) is 0 Å². The smallest absolute Gasteiger partial charge is 0.126 e. The van der Waals surface area contributed by atoms with Crippen LogP contribution in [0.1, 0.15) is 50.6 Å². The fourth-order valence-electron chi connectivity index (χ4n) is 5.66. The van der Waals surface area contributed by atoms with Crippen LogP contribution in [0.5, 0.6) is 0 Å². The minimum absolute atomic E-state index is 0.651. The van der Waals surface area contributed by atoms with Crippen LogP contribution in [0.4, 0.5) is 5.82 Å². The van der Waals surface area contributed by atoms with Gasteiger partial charge in [0.2, 0.25) is 0 Å². The monoisotopic (exact) mass is 259 g/mol. The average Bonchev–Trinajstić information content (AvgIpc) is 2.66. The Kier molecular flexibility index (Phi) is 2.49. The number of aromatic nitrogens is 2. The molecule has 0 aromatic carbocycles. The zero-order valence-corrected chi connectivity index (χ0v) is 11.9. The maximum Gasteiger partial charge on any atom is 0.126 e. The van der Waals surface area contributed by atoms with Gasteiger partial charge in [-0.2, -0.15) is 0 Å². The van der Waals surface area contributed by atoms with Crippen molar-refractivity contribution in [3.8, 4) is 0 Å². The number of aryl methyl sites for hydroxylation is 2. The Labute approximate surface area is 115 Å². The Balaban J connectivity index is 1.49. The van der Waals surface area contributed by atoms with Gasteiger partial charge in [0.15, 0.2) is 0 Å². The SMILES string of the molecule is Cn1cnc(CCC23CC4CC(CC(C4)C2)C3)c1N. The van der Waals surface area contributed by atoms with Crippen LogP contribution in [0.15, 0.2) is 6.33 Å². The van der Waals surface area contributed by atoms with E-state index in [4.69, 9.17) is 5.73 Å². The molecule has 5 rings (SSSR count). The first-order valence-corrected chi connectivity index (χ1v) is 7.89. The second kappa shape index (κ2) is 4.00. The Morgan fingerprint density at radius 2 is 1.79 bits per heavy atom. The molecule has 0 aliphatic heterocycles. The van der Waals surface area contributed by atoms with E-state index < -0.39 is 0 Å². The third kappa shape index (κ3) is 1.89. The Morgan fingerprint density at radius 3 is 2.26 bits per heavy atom. The molecule has 104 valence electrons. The third-order valence-corrected chi connectivity index (χ3v) is 6.12. The van der Waals surface area contributed by atoms with Crippen LogP contribution in [0.3, 0.4) is 0 Å². The fourth-order valence-corrected chi connectivity index (χ4v) is 5.66. The van der Waals surface area contributed by atoms with Gasteiger partial charge in [-0.25, -0.2) is 4.98 Å². The van der Waals surface area contributed by atoms with Gasteiger partial charge in [0.1, 0.15) is 5.82 Å². The molecule has 4 saturated carbocycles. The molecule has 0 atom stereocenters. The molecule has 1 heterocycles. The minimum Gasteiger partial charge on any atom is -0.384 e. The standard InChI is InChI=1S/C16H25N3/c1-19-10-18-14(15(19)17)2-3-16-7-11-4-12(8-16)6-13(5-11)9-16/h10-13H,2-9,17H2,1H3. The van der Waals surface area contributed by atoms with Gasteiger partial charge in [0, 0.05) is 7.05 Å². The highest BCUT2D eigenvalue weighted by Crippen LogP contribution is 2.61. The summed E-state index contributed by atoms with van der Waals surface area (Å²) in [5.74, 6) is 4.01. The van der Waals surface area contributed by atoms with Crippen molar-refractivity contribution in [2.24, 2.45) is 30.2 Å². The Bertz CT molecular complexity index is 453. The second-order valence-corrected chi connectivity index (χ2v) is 7.60. The summed E-state index contributed by atoms with van der Waals surface area (Å²) < 4.78 is 1.94. The number of imidazole rings is 1. The van der Waals surface area contributed by atoms with Gasteiger partial charge in [-0.15, -0.1) is 0 Å². The molecule has 0 spiro atoms. The zero-order chi connectivity index (χ0) is 13.0. The van der Waals surface area contributed by atoms with Crippen LogP contribution in [0.25, 0.3) is 0 Å². The van der Waals surface area contributed by atoms with Gasteiger partial charge in [-0.05, 0) is 74.5 Å². The predicted octanol–water partition coefficient (Wildman–Crippen LogP) is 3.15. The first-order chi connectivity index (χ1) is 9.13. The third-order valence-electron chi connectivity index (χ3n) is 6.12. The molecule has 2 N–H and O–H groups in total. The largest absolute Gasteiger partial charge is 0.384 e. The van der Waals surface area contributed by atoms with Crippen molar-refractivity contribution < 1.29 is 0 Å². The van der Waals surface area contributed by atoms with Crippen molar-refractivity contribution >= 4 is 5.82 Å². The van der Waals surface area contributed by atoms with Crippen molar-refractivity contribution in [1.82, 2.24) is 9.55 Å². The molecule has 0 radical (unpaired) electrons. The van der Waals surface area contributed by atoms with E-state index in [0.29, 0.717) is 5.41 Å². The number of nitrogen functional groups attached to an aromatic ring is 1. The van der Waals surface area contributed by atoms with Gasteiger partial charge in [-0.1, -0.05) is 0 Å². The van der Waals surface area contributed by atoms with Crippen molar-refractivity contribution in [2.75, 3.05) is 5.73 Å². The van der Waals surface area contributed by atoms with Gasteiger partial charge in [0.25, 0.3) is 0 Å². The van der Waals surface area contributed by atoms with Crippen LogP contribution in [0, 0.1) is 23.2 Å². The van der Waals surface area contributed by atoms with E-state index in [1.165, 1.54) is 44.9 Å². The maximum absolute atomic E-state index is 6.08. The molecule has 4 fully saturated rings. The normalized spacial score (nSPS) is 39.9. The van der Waals surface area contributed by atoms with Crippen LogP contribution in [-0.4, -0.2) is 9.55 Å². The Morgan fingerprint density at radius 1 is 1.21 bits per heavy atom. The molecule has 1 aromatic rings. The minimum atomic E-state index is 0.651. The fraction of sp³-hybridized carbons (Fsp3) is 0.812. The van der Waals surface area contributed by atoms with E-state index in [-0.39, 0.29) is 0 Å². The highest BCUT2D eigenvalue weighted by molar-refractivity contribution is 5.35. The molecule has 4 bridgehead atoms. The molecule has 0 saturated heterocycles. The first-order valence-electron chi connectivity index (χ1n) is 7.89. The molecule has 19 heavy (non-hydrogen) atoms. The highest BCUT2D eigenvalue weighted by atomic mass is 15.1. The van der Waals surface area contributed by atoms with Crippen molar-refractivity contribution in [3.05, 3.63) is 12.0 Å². The lowest BCUT2D eigenvalue weighted by Gasteiger charge is -2.57. The van der Waals surface area contributed by atoms with Crippen LogP contribution < -0.4 is 5.73 Å². The number of hydrogen-bond acceptors (Lipinski definition) is 2. The number of nitrogens with zero attached hydrogens (tertiary/aromatic N) is 2. The highest BCUT2D eigenvalue weighted by Gasteiger charge is 2.50. The van der Waals surface area contributed by atoms with Crippen LogP contribution in [0.2, 0.25) is 0 Å². The number of anilines is 1. The molecule has 0 amide bonds. The van der Waals surface area contributed by atoms with Crippen LogP contribution in [-0.2, 0) is 13.5 Å². The topological polar surface area (TPSA) is 43.8 Å². The summed E-state index contributed by atoms with van der Waals surface area (Å²) >= 11 is 0. The van der Waals surface area contributed by atoms with E-state index in [1.807, 2.05) is 17.9 Å². The summed E-state index contributed by atoms with van der Waals surface area (Å²) in [4.78, 5) is 4.47. The maximum atomic E-state index is 6.08. The number of hydrogen-bond donors (Lipinski definition) is 1. The van der Waals surface area contributed by atoms with E-state index in [2.05, 4.69) is 4.98 Å². The van der Waals surface area contributed by atoms with Crippen molar-refractivity contribution in [2.45, 2.75) is 51.4 Å². The van der Waals surface area contributed by atoms with E-state index in [9.17, 15) is 0 Å². The summed E-state index contributed by atoms with van der Waals surface area (Å²) in [6.07, 6.45) is 13.3. The van der Waals surface area contributed by atoms with Gasteiger partial charge in [-0.3, -0.25) is 0 Å². The average molecular weight is 259 g/mol. The zero-order valence-electron chi connectivity index (χ0n) is 11.9. The predicted molar refractivity (Wildman–Crippen MR) is 76.5 cm³/mol. The van der Waals surface area contributed by atoms with E-state index in [1.54, 1.807) is 0 Å². The summed E-state index contributed by atoms with van der Waals surface area (Å²) in [5, 5.41) is 0. The van der Waals surface area contributed by atoms with Gasteiger partial charge in [0.05, 0.1) is 12.0 Å². The molecular formula is C16H25N3. The summed E-state index contributed by atoms with van der Waals surface area (Å²) in [5.41, 5.74) is 7.86. The molecule has 4 aliphatic carbocycles. The second-order valence-electron chi connectivity index (χ2n) is 7.60. The molecule has 0 unspecified atom stereocenters. The summed E-state index contributed by atoms with van der Waals surface area (Å²) in [6, 6.07) is 0. The van der Waals surface area contributed by atoms with E-state index in [0.717, 1.165) is 35.7 Å². The molecular weight excluding hydrogens is 234 g/mol. The number of nitrogens with two attached hydrogens (primary N) is 1. The summed E-state index contributed by atoms with van der Waals surface area (Å²) in [7, 11) is 1.98.